The predicted molar refractivity (Wildman–Crippen MR) is 77.3 cm³/mol. The SMILES string of the molecule is CSC1CCCC(NCc2ccccc2N)C1. The van der Waals surface area contributed by atoms with Crippen LogP contribution < -0.4 is 11.1 Å². The van der Waals surface area contributed by atoms with Gasteiger partial charge in [-0.1, -0.05) is 24.6 Å². The largest absolute Gasteiger partial charge is 0.398 e. The Balaban J connectivity index is 1.84. The number of thioether (sulfide) groups is 1. The van der Waals surface area contributed by atoms with Crippen molar-refractivity contribution in [1.82, 2.24) is 5.32 Å². The van der Waals surface area contributed by atoms with Gasteiger partial charge in [-0.25, -0.2) is 0 Å². The minimum absolute atomic E-state index is 0.667. The Bertz CT molecular complexity index is 354. The van der Waals surface area contributed by atoms with E-state index in [2.05, 4.69) is 23.7 Å². The topological polar surface area (TPSA) is 38.0 Å². The van der Waals surface area contributed by atoms with Gasteiger partial charge in [-0.05, 0) is 37.1 Å². The standard InChI is InChI=1S/C14H22N2S/c1-17-13-7-4-6-12(9-13)16-10-11-5-2-3-8-14(11)15/h2-3,5,8,12-13,16H,4,6-7,9-10,15H2,1H3. The van der Waals surface area contributed by atoms with Crippen LogP contribution in [0.3, 0.4) is 0 Å². The van der Waals surface area contributed by atoms with E-state index >= 15 is 0 Å². The highest BCUT2D eigenvalue weighted by atomic mass is 32.2. The van der Waals surface area contributed by atoms with Gasteiger partial charge in [-0.3, -0.25) is 0 Å². The fraction of sp³-hybridized carbons (Fsp3) is 0.571. The van der Waals surface area contributed by atoms with E-state index in [0.717, 1.165) is 17.5 Å². The van der Waals surface area contributed by atoms with Gasteiger partial charge in [0, 0.05) is 23.5 Å². The molecule has 1 aromatic carbocycles. The molecule has 2 nitrogen and oxygen atoms in total. The van der Waals surface area contributed by atoms with Crippen molar-refractivity contribution >= 4 is 17.4 Å². The van der Waals surface area contributed by atoms with Crippen LogP contribution in [0.2, 0.25) is 0 Å². The number of nitrogen functional groups attached to an aromatic ring is 1. The average Bonchev–Trinajstić information content (AvgIpc) is 2.38. The Morgan fingerprint density at radius 3 is 2.94 bits per heavy atom. The summed E-state index contributed by atoms with van der Waals surface area (Å²) >= 11 is 2.01. The number of rotatable bonds is 4. The van der Waals surface area contributed by atoms with E-state index < -0.39 is 0 Å². The van der Waals surface area contributed by atoms with Crippen LogP contribution in [0, 0.1) is 0 Å². The molecule has 17 heavy (non-hydrogen) atoms. The second kappa shape index (κ2) is 6.31. The fourth-order valence-electron chi connectivity index (χ4n) is 2.49. The summed E-state index contributed by atoms with van der Waals surface area (Å²) in [4.78, 5) is 0. The van der Waals surface area contributed by atoms with Crippen LogP contribution in [0.15, 0.2) is 24.3 Å². The summed E-state index contributed by atoms with van der Waals surface area (Å²) in [6.07, 6.45) is 7.57. The highest BCUT2D eigenvalue weighted by molar-refractivity contribution is 7.99. The Morgan fingerprint density at radius 1 is 1.35 bits per heavy atom. The Kier molecular flexibility index (Phi) is 4.75. The van der Waals surface area contributed by atoms with Gasteiger partial charge in [0.2, 0.25) is 0 Å². The molecule has 0 aromatic heterocycles. The van der Waals surface area contributed by atoms with E-state index in [0.29, 0.717) is 6.04 Å². The van der Waals surface area contributed by atoms with Gasteiger partial charge in [-0.2, -0.15) is 11.8 Å². The molecule has 2 rings (SSSR count). The van der Waals surface area contributed by atoms with Gasteiger partial charge >= 0.3 is 0 Å². The first-order chi connectivity index (χ1) is 8.29. The molecule has 0 heterocycles. The Hall–Kier alpha value is -0.670. The number of benzene rings is 1. The average molecular weight is 250 g/mol. The van der Waals surface area contributed by atoms with Crippen molar-refractivity contribution in [2.45, 2.75) is 43.5 Å². The zero-order valence-electron chi connectivity index (χ0n) is 10.5. The molecule has 94 valence electrons. The minimum Gasteiger partial charge on any atom is -0.398 e. The Labute approximate surface area is 108 Å². The number of hydrogen-bond donors (Lipinski definition) is 2. The van der Waals surface area contributed by atoms with Crippen LogP contribution >= 0.6 is 11.8 Å². The van der Waals surface area contributed by atoms with Gasteiger partial charge in [0.05, 0.1) is 0 Å². The molecule has 0 radical (unpaired) electrons. The lowest BCUT2D eigenvalue weighted by molar-refractivity contribution is 0.380. The summed E-state index contributed by atoms with van der Waals surface area (Å²) in [6, 6.07) is 8.79. The van der Waals surface area contributed by atoms with E-state index in [1.54, 1.807) is 0 Å². The van der Waals surface area contributed by atoms with Crippen molar-refractivity contribution < 1.29 is 0 Å². The molecule has 3 heteroatoms. The third kappa shape index (κ3) is 3.65. The lowest BCUT2D eigenvalue weighted by Gasteiger charge is -2.29. The minimum atomic E-state index is 0.667. The van der Waals surface area contributed by atoms with Gasteiger partial charge < -0.3 is 11.1 Å². The van der Waals surface area contributed by atoms with Crippen LogP contribution in [-0.2, 0) is 6.54 Å². The summed E-state index contributed by atoms with van der Waals surface area (Å²) in [7, 11) is 0. The quantitative estimate of drug-likeness (QED) is 0.807. The fourth-order valence-corrected chi connectivity index (χ4v) is 3.32. The first-order valence-electron chi connectivity index (χ1n) is 6.39. The molecule has 2 atom stereocenters. The monoisotopic (exact) mass is 250 g/mol. The van der Waals surface area contributed by atoms with Crippen molar-refractivity contribution in [3.8, 4) is 0 Å². The van der Waals surface area contributed by atoms with E-state index in [1.807, 2.05) is 23.9 Å². The maximum absolute atomic E-state index is 5.95. The van der Waals surface area contributed by atoms with Crippen LogP contribution in [0.4, 0.5) is 5.69 Å². The number of para-hydroxylation sites is 1. The second-order valence-corrected chi connectivity index (χ2v) is 5.94. The van der Waals surface area contributed by atoms with E-state index in [-0.39, 0.29) is 0 Å². The zero-order chi connectivity index (χ0) is 12.1. The highest BCUT2D eigenvalue weighted by Gasteiger charge is 2.20. The summed E-state index contributed by atoms with van der Waals surface area (Å²) in [5, 5.41) is 4.49. The molecule has 0 saturated heterocycles. The summed E-state index contributed by atoms with van der Waals surface area (Å²) < 4.78 is 0. The molecule has 0 spiro atoms. The summed E-state index contributed by atoms with van der Waals surface area (Å²) in [6.45, 7) is 0.901. The summed E-state index contributed by atoms with van der Waals surface area (Å²) in [5.41, 5.74) is 8.07. The number of nitrogens with two attached hydrogens (primary N) is 1. The van der Waals surface area contributed by atoms with Crippen molar-refractivity contribution in [3.05, 3.63) is 29.8 Å². The van der Waals surface area contributed by atoms with Crippen molar-refractivity contribution in [2.75, 3.05) is 12.0 Å². The third-order valence-corrected chi connectivity index (χ3v) is 4.69. The van der Waals surface area contributed by atoms with E-state index in [9.17, 15) is 0 Å². The molecule has 0 aliphatic heterocycles. The van der Waals surface area contributed by atoms with Crippen molar-refractivity contribution in [3.63, 3.8) is 0 Å². The summed E-state index contributed by atoms with van der Waals surface area (Å²) in [5.74, 6) is 0. The first-order valence-corrected chi connectivity index (χ1v) is 7.68. The molecular formula is C14H22N2S. The normalized spacial score (nSPS) is 24.8. The first kappa shape index (κ1) is 12.8. The molecule has 1 aliphatic rings. The maximum Gasteiger partial charge on any atom is 0.0359 e. The number of hydrogen-bond acceptors (Lipinski definition) is 3. The van der Waals surface area contributed by atoms with Crippen LogP contribution in [-0.4, -0.2) is 17.5 Å². The number of anilines is 1. The Morgan fingerprint density at radius 2 is 2.18 bits per heavy atom. The molecule has 1 saturated carbocycles. The molecular weight excluding hydrogens is 228 g/mol. The number of nitrogens with one attached hydrogen (secondary N) is 1. The van der Waals surface area contributed by atoms with Gasteiger partial charge in [0.15, 0.2) is 0 Å². The maximum atomic E-state index is 5.95. The molecule has 1 aromatic rings. The van der Waals surface area contributed by atoms with Gasteiger partial charge in [0.25, 0.3) is 0 Å². The molecule has 2 unspecified atom stereocenters. The van der Waals surface area contributed by atoms with Crippen LogP contribution in [0.5, 0.6) is 0 Å². The molecule has 1 aliphatic carbocycles. The van der Waals surface area contributed by atoms with Gasteiger partial charge in [0.1, 0.15) is 0 Å². The molecule has 0 amide bonds. The third-order valence-electron chi connectivity index (χ3n) is 3.60. The second-order valence-electron chi connectivity index (χ2n) is 4.80. The molecule has 0 bridgehead atoms. The predicted octanol–water partition coefficient (Wildman–Crippen LogP) is 3.03. The lowest BCUT2D eigenvalue weighted by Crippen LogP contribution is -2.34. The molecule has 3 N–H and O–H groups in total. The van der Waals surface area contributed by atoms with E-state index in [1.165, 1.54) is 31.2 Å². The zero-order valence-corrected chi connectivity index (χ0v) is 11.3. The van der Waals surface area contributed by atoms with Crippen LogP contribution in [0.1, 0.15) is 31.2 Å². The lowest BCUT2D eigenvalue weighted by atomic mass is 9.95. The highest BCUT2D eigenvalue weighted by Crippen LogP contribution is 2.27. The van der Waals surface area contributed by atoms with Crippen LogP contribution in [0.25, 0.3) is 0 Å². The smallest absolute Gasteiger partial charge is 0.0359 e. The van der Waals surface area contributed by atoms with Crippen molar-refractivity contribution in [2.24, 2.45) is 0 Å². The van der Waals surface area contributed by atoms with E-state index in [4.69, 9.17) is 5.73 Å². The van der Waals surface area contributed by atoms with Crippen molar-refractivity contribution in [1.29, 1.82) is 0 Å². The van der Waals surface area contributed by atoms with Gasteiger partial charge in [-0.15, -0.1) is 0 Å². The molecule has 1 fully saturated rings.